The lowest BCUT2D eigenvalue weighted by molar-refractivity contribution is -0.143. The predicted molar refractivity (Wildman–Crippen MR) is 128 cm³/mol. The third kappa shape index (κ3) is 7.94. The largest absolute Gasteiger partial charge is 0.466 e. The van der Waals surface area contributed by atoms with Crippen molar-refractivity contribution in [1.82, 2.24) is 0 Å². The second-order valence-corrected chi connectivity index (χ2v) is 9.28. The Hall–Kier alpha value is -2.74. The number of azo groups is 1. The summed E-state index contributed by atoms with van der Waals surface area (Å²) in [6.45, 7) is 5.17. The summed E-state index contributed by atoms with van der Waals surface area (Å²) in [4.78, 5) is 13.2. The van der Waals surface area contributed by atoms with Crippen LogP contribution in [0.15, 0.2) is 45.5 Å². The number of aryl methyl sites for hydroxylation is 1. The molecule has 12 heteroatoms. The van der Waals surface area contributed by atoms with E-state index in [1.165, 1.54) is 0 Å². The van der Waals surface area contributed by atoms with Gasteiger partial charge in [0.05, 0.1) is 34.8 Å². The molecule has 34 heavy (non-hydrogen) atoms. The molecule has 0 aliphatic rings. The highest BCUT2D eigenvalue weighted by Gasteiger charge is 2.19. The van der Waals surface area contributed by atoms with Gasteiger partial charge in [-0.1, -0.05) is 23.2 Å². The highest BCUT2D eigenvalue weighted by molar-refractivity contribution is 7.86. The van der Waals surface area contributed by atoms with E-state index in [0.29, 0.717) is 31.6 Å². The summed E-state index contributed by atoms with van der Waals surface area (Å²) in [7, 11) is -5.01. The molecule has 0 aliphatic carbocycles. The first kappa shape index (κ1) is 27.5. The second kappa shape index (κ2) is 12.6. The van der Waals surface area contributed by atoms with Crippen LogP contribution < -0.4 is 4.90 Å². The number of nitriles is 1. The van der Waals surface area contributed by atoms with Gasteiger partial charge in [0.25, 0.3) is 0 Å². The van der Waals surface area contributed by atoms with Crippen LogP contribution in [0.4, 0.5) is 20.9 Å². The number of benzene rings is 2. The molecule has 8 nitrogen and oxygen atoms in total. The minimum absolute atomic E-state index is 0.0889. The summed E-state index contributed by atoms with van der Waals surface area (Å²) in [6.07, 6.45) is 1.08. The van der Waals surface area contributed by atoms with Crippen LogP contribution in [0.3, 0.4) is 0 Å². The summed E-state index contributed by atoms with van der Waals surface area (Å²) in [5.41, 5.74) is 2.30. The quantitative estimate of drug-likeness (QED) is 0.143. The maximum absolute atomic E-state index is 13.2. The second-order valence-electron chi connectivity index (χ2n) is 7.15. The number of ether oxygens (including phenoxy) is 1. The molecule has 182 valence electrons. The van der Waals surface area contributed by atoms with Crippen molar-refractivity contribution in [1.29, 1.82) is 5.26 Å². The average molecular weight is 529 g/mol. The average Bonchev–Trinajstić information content (AvgIpc) is 2.77. The monoisotopic (exact) mass is 528 g/mol. The number of unbranched alkanes of at least 4 members (excludes halogenated alkanes) is 1. The van der Waals surface area contributed by atoms with Crippen molar-refractivity contribution in [2.24, 2.45) is 10.2 Å². The van der Waals surface area contributed by atoms with Crippen molar-refractivity contribution in [3.63, 3.8) is 0 Å². The molecule has 0 radical (unpaired) electrons. The topological polar surface area (TPSA) is 112 Å². The molecular formula is C22H23Cl2FN4O4S. The Morgan fingerprint density at radius 2 is 1.88 bits per heavy atom. The van der Waals surface area contributed by atoms with Gasteiger partial charge >= 0.3 is 16.2 Å². The van der Waals surface area contributed by atoms with E-state index in [0.717, 1.165) is 23.4 Å². The zero-order chi connectivity index (χ0) is 25.3. The molecular weight excluding hydrogens is 506 g/mol. The Morgan fingerprint density at radius 1 is 1.18 bits per heavy atom. The molecule has 2 aromatic rings. The third-order valence-electron chi connectivity index (χ3n) is 4.74. The Labute approximate surface area is 208 Å². The van der Waals surface area contributed by atoms with Crippen LogP contribution in [0.25, 0.3) is 0 Å². The molecule has 0 aromatic heterocycles. The summed E-state index contributed by atoms with van der Waals surface area (Å²) in [5.74, 6) is -0.319. The number of hydrogen-bond donors (Lipinski definition) is 0. The fourth-order valence-electron chi connectivity index (χ4n) is 2.94. The number of carbonyl (C=O) groups excluding carboxylic acids is 1. The number of rotatable bonds is 11. The van der Waals surface area contributed by atoms with Crippen molar-refractivity contribution in [2.75, 3.05) is 24.6 Å². The molecule has 0 amide bonds. The first-order valence-electron chi connectivity index (χ1n) is 10.3. The summed E-state index contributed by atoms with van der Waals surface area (Å²) in [6, 6.07) is 9.48. The standard InChI is InChI=1S/C22H23Cl2FN4O4S/c1-3-29(10-8-22(30)33-11-5-4-9-26)16-6-7-19(15(2)12-16)27-28-20-13-18(24)21(14-17(20)23)34(25,31)32/h6-7,12-14H,3-5,8,10-11H2,1-2H3/b28-27+. The van der Waals surface area contributed by atoms with Crippen molar-refractivity contribution in [3.05, 3.63) is 45.9 Å². The molecule has 0 fully saturated rings. The molecule has 0 bridgehead atoms. The van der Waals surface area contributed by atoms with Gasteiger partial charge in [-0.25, -0.2) is 0 Å². The van der Waals surface area contributed by atoms with Crippen LogP contribution in [0.1, 0.15) is 31.7 Å². The maximum Gasteiger partial charge on any atom is 0.333 e. The summed E-state index contributed by atoms with van der Waals surface area (Å²) in [5, 5.41) is 16.2. The lowest BCUT2D eigenvalue weighted by atomic mass is 10.1. The van der Waals surface area contributed by atoms with Gasteiger partial charge in [-0.2, -0.15) is 18.8 Å². The van der Waals surface area contributed by atoms with Crippen molar-refractivity contribution in [3.8, 4) is 6.07 Å². The maximum atomic E-state index is 13.2. The van der Waals surface area contributed by atoms with Gasteiger partial charge in [-0.05, 0) is 56.2 Å². The number of esters is 1. The minimum atomic E-state index is -5.01. The first-order valence-corrected chi connectivity index (χ1v) is 12.4. The molecule has 2 aromatic carbocycles. The van der Waals surface area contributed by atoms with Gasteiger partial charge < -0.3 is 9.64 Å². The normalized spacial score (nSPS) is 11.4. The predicted octanol–water partition coefficient (Wildman–Crippen LogP) is 6.44. The molecule has 0 saturated carbocycles. The Balaban J connectivity index is 2.09. The molecule has 0 spiro atoms. The fourth-order valence-corrected chi connectivity index (χ4v) is 4.19. The van der Waals surface area contributed by atoms with Gasteiger partial charge in [-0.3, -0.25) is 4.79 Å². The lowest BCUT2D eigenvalue weighted by Gasteiger charge is -2.23. The minimum Gasteiger partial charge on any atom is -0.466 e. The van der Waals surface area contributed by atoms with E-state index >= 15 is 0 Å². The molecule has 0 aliphatic heterocycles. The van der Waals surface area contributed by atoms with Gasteiger partial charge in [-0.15, -0.1) is 9.00 Å². The zero-order valence-electron chi connectivity index (χ0n) is 18.6. The van der Waals surface area contributed by atoms with Crippen molar-refractivity contribution >= 4 is 56.5 Å². The van der Waals surface area contributed by atoms with Crippen molar-refractivity contribution < 1.29 is 21.8 Å². The van der Waals surface area contributed by atoms with Gasteiger partial charge in [0.2, 0.25) is 0 Å². The fraction of sp³-hybridized carbons (Fsp3) is 0.364. The molecule has 0 saturated heterocycles. The van der Waals surface area contributed by atoms with Crippen LogP contribution >= 0.6 is 23.2 Å². The first-order chi connectivity index (χ1) is 16.1. The van der Waals surface area contributed by atoms with E-state index in [9.17, 15) is 17.1 Å². The van der Waals surface area contributed by atoms with E-state index in [4.69, 9.17) is 33.2 Å². The number of hydrogen-bond acceptors (Lipinski definition) is 8. The van der Waals surface area contributed by atoms with E-state index in [-0.39, 0.29) is 34.7 Å². The number of halogens is 3. The highest BCUT2D eigenvalue weighted by atomic mass is 35.5. The van der Waals surface area contributed by atoms with Gasteiger partial charge in [0, 0.05) is 25.2 Å². The molecule has 0 unspecified atom stereocenters. The zero-order valence-corrected chi connectivity index (χ0v) is 20.9. The number of anilines is 1. The lowest BCUT2D eigenvalue weighted by Crippen LogP contribution is -2.26. The Morgan fingerprint density at radius 3 is 2.50 bits per heavy atom. The molecule has 0 heterocycles. The van der Waals surface area contributed by atoms with Crippen LogP contribution in [0.2, 0.25) is 10.0 Å². The summed E-state index contributed by atoms with van der Waals surface area (Å²) < 4.78 is 40.6. The van der Waals surface area contributed by atoms with E-state index in [1.807, 2.05) is 36.9 Å². The van der Waals surface area contributed by atoms with Crippen molar-refractivity contribution in [2.45, 2.75) is 38.0 Å². The summed E-state index contributed by atoms with van der Waals surface area (Å²) >= 11 is 11.8. The number of carbonyl (C=O) groups is 1. The van der Waals surface area contributed by atoms with E-state index in [2.05, 4.69) is 10.2 Å². The SMILES string of the molecule is CCN(CCC(=O)OCCCC#N)c1ccc(/N=N/c2cc(Cl)c(S(=O)(=O)F)cc2Cl)c(C)c1. The molecule has 0 atom stereocenters. The van der Waals surface area contributed by atoms with Gasteiger partial charge in [0.1, 0.15) is 10.6 Å². The van der Waals surface area contributed by atoms with E-state index < -0.39 is 15.1 Å². The van der Waals surface area contributed by atoms with E-state index in [1.54, 1.807) is 6.07 Å². The van der Waals surface area contributed by atoms with Gasteiger partial charge in [0.15, 0.2) is 0 Å². The van der Waals surface area contributed by atoms with Crippen LogP contribution in [0.5, 0.6) is 0 Å². The molecule has 2 rings (SSSR count). The third-order valence-corrected chi connectivity index (χ3v) is 6.33. The van der Waals surface area contributed by atoms with Crippen LogP contribution in [0, 0.1) is 18.3 Å². The number of nitrogens with zero attached hydrogens (tertiary/aromatic N) is 4. The Bertz CT molecular complexity index is 1220. The smallest absolute Gasteiger partial charge is 0.333 e. The van der Waals surface area contributed by atoms with Crippen LogP contribution in [-0.4, -0.2) is 34.1 Å². The van der Waals surface area contributed by atoms with Crippen LogP contribution in [-0.2, 0) is 19.8 Å². The molecule has 0 N–H and O–H groups in total. The Kier molecular flexibility index (Phi) is 10.2. The highest BCUT2D eigenvalue weighted by Crippen LogP contribution is 2.36.